The number of hydrogen-bond donors (Lipinski definition) is 1. The van der Waals surface area contributed by atoms with Crippen LogP contribution in [-0.4, -0.2) is 23.6 Å². The topological polar surface area (TPSA) is 60.2 Å². The van der Waals surface area contributed by atoms with Crippen molar-refractivity contribution in [1.29, 1.82) is 0 Å². The summed E-state index contributed by atoms with van der Waals surface area (Å²) in [7, 11) is 1.66. The first kappa shape index (κ1) is 12.1. The monoisotopic (exact) mass is 275 g/mol. The molecule has 3 aromatic rings. The molecule has 0 amide bonds. The Morgan fingerprint density at radius 3 is 3.16 bits per heavy atom. The molecule has 5 nitrogen and oxygen atoms in total. The second kappa shape index (κ2) is 5.38. The fourth-order valence-electron chi connectivity index (χ4n) is 1.89. The highest BCUT2D eigenvalue weighted by atomic mass is 32.1. The molecular formula is C13H13N3O2S. The molecule has 1 atom stereocenters. The number of ether oxygens (including phenoxy) is 1. The van der Waals surface area contributed by atoms with Crippen LogP contribution < -0.4 is 5.32 Å². The molecule has 19 heavy (non-hydrogen) atoms. The summed E-state index contributed by atoms with van der Waals surface area (Å²) in [5, 5.41) is 6.32. The summed E-state index contributed by atoms with van der Waals surface area (Å²) in [5.74, 6) is 1.62. The van der Waals surface area contributed by atoms with Gasteiger partial charge in [-0.1, -0.05) is 0 Å². The Morgan fingerprint density at radius 2 is 2.37 bits per heavy atom. The Labute approximate surface area is 114 Å². The maximum absolute atomic E-state index is 5.41. The van der Waals surface area contributed by atoms with Crippen molar-refractivity contribution >= 4 is 27.4 Å². The van der Waals surface area contributed by atoms with E-state index in [1.165, 1.54) is 0 Å². The quantitative estimate of drug-likeness (QED) is 0.775. The number of anilines is 1. The first-order valence-corrected chi connectivity index (χ1v) is 6.74. The van der Waals surface area contributed by atoms with E-state index in [-0.39, 0.29) is 6.10 Å². The SMILES string of the molecule is COC(CNc1ncnc2sccc12)c1ccco1. The maximum Gasteiger partial charge on any atom is 0.138 e. The van der Waals surface area contributed by atoms with E-state index < -0.39 is 0 Å². The maximum atomic E-state index is 5.41. The van der Waals surface area contributed by atoms with Crippen LogP contribution in [0.15, 0.2) is 40.6 Å². The van der Waals surface area contributed by atoms with E-state index >= 15 is 0 Å². The van der Waals surface area contributed by atoms with Gasteiger partial charge in [0.25, 0.3) is 0 Å². The Bertz CT molecular complexity index is 651. The van der Waals surface area contributed by atoms with Crippen LogP contribution in [0.2, 0.25) is 0 Å². The normalized spacial score (nSPS) is 12.7. The first-order valence-electron chi connectivity index (χ1n) is 5.87. The molecule has 1 N–H and O–H groups in total. The zero-order valence-corrected chi connectivity index (χ0v) is 11.2. The minimum absolute atomic E-state index is 0.140. The zero-order chi connectivity index (χ0) is 13.1. The Hall–Kier alpha value is -1.92. The third kappa shape index (κ3) is 2.45. The van der Waals surface area contributed by atoms with Crippen molar-refractivity contribution in [2.24, 2.45) is 0 Å². The number of nitrogens with one attached hydrogen (secondary N) is 1. The fourth-order valence-corrected chi connectivity index (χ4v) is 2.63. The minimum atomic E-state index is -0.140. The molecule has 98 valence electrons. The molecule has 0 bridgehead atoms. The molecule has 0 fully saturated rings. The fraction of sp³-hybridized carbons (Fsp3) is 0.231. The molecule has 0 aliphatic rings. The van der Waals surface area contributed by atoms with E-state index in [0.29, 0.717) is 6.54 Å². The van der Waals surface area contributed by atoms with E-state index in [1.54, 1.807) is 31.0 Å². The molecule has 3 aromatic heterocycles. The summed E-state index contributed by atoms with van der Waals surface area (Å²) < 4.78 is 10.8. The van der Waals surface area contributed by atoms with Crippen molar-refractivity contribution in [3.8, 4) is 0 Å². The highest BCUT2D eigenvalue weighted by Gasteiger charge is 2.14. The first-order chi connectivity index (χ1) is 9.38. The van der Waals surface area contributed by atoms with Crippen LogP contribution in [0.1, 0.15) is 11.9 Å². The molecule has 3 rings (SSSR count). The van der Waals surface area contributed by atoms with E-state index in [1.807, 2.05) is 23.6 Å². The molecule has 0 spiro atoms. The molecule has 0 aliphatic carbocycles. The van der Waals surface area contributed by atoms with E-state index in [2.05, 4.69) is 15.3 Å². The van der Waals surface area contributed by atoms with Gasteiger partial charge in [0, 0.05) is 13.7 Å². The zero-order valence-electron chi connectivity index (χ0n) is 10.4. The van der Waals surface area contributed by atoms with Crippen molar-refractivity contribution in [3.63, 3.8) is 0 Å². The highest BCUT2D eigenvalue weighted by molar-refractivity contribution is 7.16. The third-order valence-electron chi connectivity index (χ3n) is 2.86. The van der Waals surface area contributed by atoms with Gasteiger partial charge in [-0.25, -0.2) is 9.97 Å². The number of furan rings is 1. The molecule has 0 aliphatic heterocycles. The standard InChI is InChI=1S/C13H13N3O2S/c1-17-11(10-3-2-5-18-10)7-14-12-9-4-6-19-13(9)16-8-15-12/h2-6,8,11H,7H2,1H3,(H,14,15,16). The number of methoxy groups -OCH3 is 1. The minimum Gasteiger partial charge on any atom is -0.467 e. The largest absolute Gasteiger partial charge is 0.467 e. The van der Waals surface area contributed by atoms with Crippen LogP contribution >= 0.6 is 11.3 Å². The van der Waals surface area contributed by atoms with Gasteiger partial charge < -0.3 is 14.5 Å². The van der Waals surface area contributed by atoms with Gasteiger partial charge in [-0.15, -0.1) is 11.3 Å². The van der Waals surface area contributed by atoms with Crippen LogP contribution in [0.4, 0.5) is 5.82 Å². The number of hydrogen-bond acceptors (Lipinski definition) is 6. The third-order valence-corrected chi connectivity index (χ3v) is 3.68. The van der Waals surface area contributed by atoms with Gasteiger partial charge in [-0.2, -0.15) is 0 Å². The lowest BCUT2D eigenvalue weighted by molar-refractivity contribution is 0.0943. The smallest absolute Gasteiger partial charge is 0.138 e. The van der Waals surface area contributed by atoms with Gasteiger partial charge in [-0.05, 0) is 23.6 Å². The molecule has 3 heterocycles. The van der Waals surface area contributed by atoms with Gasteiger partial charge in [0.05, 0.1) is 11.6 Å². The van der Waals surface area contributed by atoms with Gasteiger partial charge in [0.15, 0.2) is 0 Å². The lowest BCUT2D eigenvalue weighted by Crippen LogP contribution is -2.14. The summed E-state index contributed by atoms with van der Waals surface area (Å²) in [6.07, 6.45) is 3.07. The summed E-state index contributed by atoms with van der Waals surface area (Å²) in [6, 6.07) is 5.76. The van der Waals surface area contributed by atoms with Crippen molar-refractivity contribution in [3.05, 3.63) is 41.9 Å². The number of aromatic nitrogens is 2. The average molecular weight is 275 g/mol. The van der Waals surface area contributed by atoms with Crippen LogP contribution in [0, 0.1) is 0 Å². The predicted molar refractivity (Wildman–Crippen MR) is 74.4 cm³/mol. The van der Waals surface area contributed by atoms with Crippen molar-refractivity contribution < 1.29 is 9.15 Å². The summed E-state index contributed by atoms with van der Waals surface area (Å²) in [6.45, 7) is 0.589. The van der Waals surface area contributed by atoms with Crippen molar-refractivity contribution in [2.75, 3.05) is 19.0 Å². The summed E-state index contributed by atoms with van der Waals surface area (Å²) in [5.41, 5.74) is 0. The number of nitrogens with zero attached hydrogens (tertiary/aromatic N) is 2. The van der Waals surface area contributed by atoms with Gasteiger partial charge in [0.2, 0.25) is 0 Å². The Balaban J connectivity index is 1.76. The molecule has 6 heteroatoms. The molecule has 0 saturated heterocycles. The van der Waals surface area contributed by atoms with Crippen LogP contribution in [0.5, 0.6) is 0 Å². The van der Waals surface area contributed by atoms with E-state index in [0.717, 1.165) is 21.8 Å². The van der Waals surface area contributed by atoms with Crippen molar-refractivity contribution in [1.82, 2.24) is 9.97 Å². The van der Waals surface area contributed by atoms with E-state index in [4.69, 9.17) is 9.15 Å². The Morgan fingerprint density at radius 1 is 1.42 bits per heavy atom. The molecule has 0 saturated carbocycles. The van der Waals surface area contributed by atoms with Gasteiger partial charge in [-0.3, -0.25) is 0 Å². The lowest BCUT2D eigenvalue weighted by Gasteiger charge is -2.14. The summed E-state index contributed by atoms with van der Waals surface area (Å²) in [4.78, 5) is 9.46. The molecule has 0 aromatic carbocycles. The van der Waals surface area contributed by atoms with Gasteiger partial charge >= 0.3 is 0 Å². The van der Waals surface area contributed by atoms with Crippen LogP contribution in [0.25, 0.3) is 10.2 Å². The molecule has 0 radical (unpaired) electrons. The number of fused-ring (bicyclic) bond motifs is 1. The average Bonchev–Trinajstić information content (AvgIpc) is 3.10. The second-order valence-electron chi connectivity index (χ2n) is 3.98. The molecule has 1 unspecified atom stereocenters. The van der Waals surface area contributed by atoms with Crippen LogP contribution in [0.3, 0.4) is 0 Å². The second-order valence-corrected chi connectivity index (χ2v) is 4.88. The highest BCUT2D eigenvalue weighted by Crippen LogP contribution is 2.25. The predicted octanol–water partition coefficient (Wildman–Crippen LogP) is 3.08. The van der Waals surface area contributed by atoms with Gasteiger partial charge in [0.1, 0.15) is 28.8 Å². The molecular weight excluding hydrogens is 262 g/mol. The Kier molecular flexibility index (Phi) is 3.43. The lowest BCUT2D eigenvalue weighted by atomic mass is 10.2. The van der Waals surface area contributed by atoms with Crippen molar-refractivity contribution in [2.45, 2.75) is 6.10 Å². The van der Waals surface area contributed by atoms with E-state index in [9.17, 15) is 0 Å². The number of rotatable bonds is 5. The summed E-state index contributed by atoms with van der Waals surface area (Å²) >= 11 is 1.60. The van der Waals surface area contributed by atoms with Crippen LogP contribution in [-0.2, 0) is 4.74 Å². The number of thiophene rings is 1.